The molecule has 182 valence electrons. The van der Waals surface area contributed by atoms with E-state index in [1.54, 1.807) is 25.1 Å². The molecule has 0 spiro atoms. The van der Waals surface area contributed by atoms with E-state index < -0.39 is 0 Å². The van der Waals surface area contributed by atoms with Gasteiger partial charge in [0.25, 0.3) is 5.91 Å². The summed E-state index contributed by atoms with van der Waals surface area (Å²) in [6, 6.07) is 11.7. The highest BCUT2D eigenvalue weighted by Crippen LogP contribution is 2.36. The molecule has 2 aliphatic rings. The Bertz CT molecular complexity index is 1280. The van der Waals surface area contributed by atoms with Crippen LogP contribution >= 0.6 is 0 Å². The lowest BCUT2D eigenvalue weighted by Crippen LogP contribution is -2.30. The second-order valence-electron chi connectivity index (χ2n) is 9.64. The van der Waals surface area contributed by atoms with E-state index in [4.69, 9.17) is 4.74 Å². The number of ether oxygens (including phenoxy) is 1. The number of hydrogen-bond donors (Lipinski definition) is 2. The third-order valence-corrected chi connectivity index (χ3v) is 7.35. The van der Waals surface area contributed by atoms with Crippen molar-refractivity contribution < 1.29 is 14.3 Å². The zero-order valence-corrected chi connectivity index (χ0v) is 20.6. The summed E-state index contributed by atoms with van der Waals surface area (Å²) in [5.41, 5.74) is 4.65. The lowest BCUT2D eigenvalue weighted by molar-refractivity contribution is 0.0993. The largest absolute Gasteiger partial charge is 0.497 e. The number of aromatic nitrogens is 1. The molecule has 2 heterocycles. The molecule has 2 N–H and O–H groups in total. The van der Waals surface area contributed by atoms with E-state index in [-0.39, 0.29) is 11.7 Å². The normalized spacial score (nSPS) is 19.6. The Balaban J connectivity index is 1.48. The fraction of sp³-hybridized carbons (Fsp3) is 0.393. The number of nitrogens with zero attached hydrogens (tertiary/aromatic N) is 2. The van der Waals surface area contributed by atoms with Crippen LogP contribution < -0.4 is 20.3 Å². The van der Waals surface area contributed by atoms with E-state index in [0.29, 0.717) is 29.6 Å². The lowest BCUT2D eigenvalue weighted by atomic mass is 9.85. The third kappa shape index (κ3) is 4.48. The van der Waals surface area contributed by atoms with Gasteiger partial charge in [-0.1, -0.05) is 0 Å². The van der Waals surface area contributed by atoms with Gasteiger partial charge in [-0.2, -0.15) is 0 Å². The summed E-state index contributed by atoms with van der Waals surface area (Å²) in [7, 11) is 3.63. The number of carbonyl (C=O) groups excluding carboxylic acids is 2. The molecule has 1 amide bonds. The monoisotopic (exact) mass is 472 g/mol. The quantitative estimate of drug-likeness (QED) is 0.481. The number of nitrogens with one attached hydrogen (secondary N) is 2. The van der Waals surface area contributed by atoms with Crippen LogP contribution in [0.5, 0.6) is 5.75 Å². The molecular formula is C28H32N4O3. The van der Waals surface area contributed by atoms with Crippen LogP contribution in [-0.4, -0.2) is 43.4 Å². The van der Waals surface area contributed by atoms with Gasteiger partial charge < -0.3 is 20.3 Å². The molecule has 0 bridgehead atoms. The number of amides is 1. The van der Waals surface area contributed by atoms with Crippen molar-refractivity contribution in [1.82, 2.24) is 10.3 Å². The highest BCUT2D eigenvalue weighted by Gasteiger charge is 2.29. The van der Waals surface area contributed by atoms with Crippen LogP contribution in [0, 0.1) is 5.92 Å². The van der Waals surface area contributed by atoms with E-state index in [9.17, 15) is 9.59 Å². The summed E-state index contributed by atoms with van der Waals surface area (Å²) in [5, 5.41) is 7.85. The number of hydrogen-bond acceptors (Lipinski definition) is 6. The molecule has 0 radical (unpaired) electrons. The summed E-state index contributed by atoms with van der Waals surface area (Å²) in [5.74, 6) is 1.39. The number of pyridine rings is 1. The maximum atomic E-state index is 13.2. The summed E-state index contributed by atoms with van der Waals surface area (Å²) < 4.78 is 5.34. The second kappa shape index (κ2) is 9.66. The van der Waals surface area contributed by atoms with Crippen molar-refractivity contribution in [2.75, 3.05) is 30.9 Å². The van der Waals surface area contributed by atoms with Gasteiger partial charge in [0.2, 0.25) is 0 Å². The maximum Gasteiger partial charge on any atom is 0.258 e. The fourth-order valence-electron chi connectivity index (χ4n) is 5.41. The first kappa shape index (κ1) is 23.3. The van der Waals surface area contributed by atoms with E-state index in [1.807, 2.05) is 43.4 Å². The predicted molar refractivity (Wildman–Crippen MR) is 139 cm³/mol. The number of benzene rings is 2. The summed E-state index contributed by atoms with van der Waals surface area (Å²) in [6.45, 7) is 3.11. The highest BCUT2D eigenvalue weighted by molar-refractivity contribution is 6.12. The maximum absolute atomic E-state index is 13.2. The molecule has 0 saturated heterocycles. The van der Waals surface area contributed by atoms with Crippen LogP contribution in [0.1, 0.15) is 58.9 Å². The van der Waals surface area contributed by atoms with Crippen LogP contribution in [-0.2, 0) is 6.54 Å². The number of anilines is 2. The standard InChI is InChI=1S/C28H32N4O3/c1-17(33)25-15-30-26-11-8-21(32-16-19-12-22(35-3)9-10-23(19)28(32)34)13-24(26)27(25)31-20-6-4-18(5-7-20)14-29-2/h8-13,15,18,20,29H,4-7,14,16H2,1-3H3,(H,30,31). The van der Waals surface area contributed by atoms with Crippen molar-refractivity contribution in [2.45, 2.75) is 45.2 Å². The zero-order valence-electron chi connectivity index (χ0n) is 20.6. The molecular weight excluding hydrogens is 440 g/mol. The van der Waals surface area contributed by atoms with Gasteiger partial charge in [-0.05, 0) is 94.1 Å². The number of carbonyl (C=O) groups is 2. The van der Waals surface area contributed by atoms with Crippen LogP contribution in [0.15, 0.2) is 42.6 Å². The first-order valence-electron chi connectivity index (χ1n) is 12.3. The Morgan fingerprint density at radius 3 is 2.66 bits per heavy atom. The molecule has 7 heteroatoms. The summed E-state index contributed by atoms with van der Waals surface area (Å²) in [6.07, 6.45) is 6.12. The van der Waals surface area contributed by atoms with Gasteiger partial charge in [-0.25, -0.2) is 0 Å². The number of fused-ring (bicyclic) bond motifs is 2. The molecule has 1 saturated carbocycles. The third-order valence-electron chi connectivity index (χ3n) is 7.35. The van der Waals surface area contributed by atoms with E-state index in [2.05, 4.69) is 15.6 Å². The molecule has 1 aromatic heterocycles. The van der Waals surface area contributed by atoms with E-state index in [1.165, 1.54) is 0 Å². The van der Waals surface area contributed by atoms with Crippen LogP contribution in [0.4, 0.5) is 11.4 Å². The van der Waals surface area contributed by atoms with Crippen molar-refractivity contribution in [1.29, 1.82) is 0 Å². The molecule has 1 aliphatic heterocycles. The van der Waals surface area contributed by atoms with Crippen molar-refractivity contribution >= 4 is 34.0 Å². The fourth-order valence-corrected chi connectivity index (χ4v) is 5.41. The molecule has 2 aromatic carbocycles. The molecule has 3 aromatic rings. The van der Waals surface area contributed by atoms with Gasteiger partial charge in [0.05, 0.1) is 30.4 Å². The Labute approximate surface area is 205 Å². The van der Waals surface area contributed by atoms with Crippen LogP contribution in [0.3, 0.4) is 0 Å². The van der Waals surface area contributed by atoms with Crippen molar-refractivity contribution in [3.8, 4) is 5.75 Å². The van der Waals surface area contributed by atoms with Gasteiger partial charge in [-0.15, -0.1) is 0 Å². The van der Waals surface area contributed by atoms with Gasteiger partial charge in [0, 0.05) is 28.9 Å². The smallest absolute Gasteiger partial charge is 0.258 e. The van der Waals surface area contributed by atoms with Gasteiger partial charge in [0.15, 0.2) is 5.78 Å². The minimum absolute atomic E-state index is 0.0204. The first-order valence-corrected chi connectivity index (χ1v) is 12.3. The SMILES string of the molecule is CNCC1CCC(Nc2c(C(C)=O)cnc3ccc(N4Cc5cc(OC)ccc5C4=O)cc23)CC1. The highest BCUT2D eigenvalue weighted by atomic mass is 16.5. The molecule has 5 rings (SSSR count). The lowest BCUT2D eigenvalue weighted by Gasteiger charge is -2.30. The summed E-state index contributed by atoms with van der Waals surface area (Å²) in [4.78, 5) is 32.0. The average molecular weight is 473 g/mol. The van der Waals surface area contributed by atoms with Gasteiger partial charge >= 0.3 is 0 Å². The first-order chi connectivity index (χ1) is 17.0. The average Bonchev–Trinajstić information content (AvgIpc) is 3.20. The van der Waals surface area contributed by atoms with E-state index >= 15 is 0 Å². The number of ketones is 1. The topological polar surface area (TPSA) is 83.6 Å². The van der Waals surface area contributed by atoms with Crippen molar-refractivity contribution in [3.05, 3.63) is 59.3 Å². The zero-order chi connectivity index (χ0) is 24.5. The Morgan fingerprint density at radius 1 is 1.14 bits per heavy atom. The predicted octanol–water partition coefficient (Wildman–Crippen LogP) is 4.80. The Morgan fingerprint density at radius 2 is 1.94 bits per heavy atom. The van der Waals surface area contributed by atoms with Gasteiger partial charge in [0.1, 0.15) is 5.75 Å². The number of methoxy groups -OCH3 is 1. The van der Waals surface area contributed by atoms with E-state index in [0.717, 1.165) is 65.8 Å². The molecule has 1 aliphatic carbocycles. The van der Waals surface area contributed by atoms with Crippen molar-refractivity contribution in [2.24, 2.45) is 5.92 Å². The van der Waals surface area contributed by atoms with Crippen LogP contribution in [0.2, 0.25) is 0 Å². The molecule has 1 fully saturated rings. The molecule has 0 unspecified atom stereocenters. The Hall–Kier alpha value is -3.45. The molecule has 7 nitrogen and oxygen atoms in total. The molecule has 35 heavy (non-hydrogen) atoms. The number of Topliss-reactive ketones (excluding diaryl/α,β-unsaturated/α-hetero) is 1. The Kier molecular flexibility index (Phi) is 6.43. The number of rotatable bonds is 7. The minimum Gasteiger partial charge on any atom is -0.497 e. The van der Waals surface area contributed by atoms with Crippen molar-refractivity contribution in [3.63, 3.8) is 0 Å². The van der Waals surface area contributed by atoms with Crippen LogP contribution in [0.25, 0.3) is 10.9 Å². The minimum atomic E-state index is -0.0324. The summed E-state index contributed by atoms with van der Waals surface area (Å²) >= 11 is 0. The second-order valence-corrected chi connectivity index (χ2v) is 9.64. The van der Waals surface area contributed by atoms with Gasteiger partial charge in [-0.3, -0.25) is 14.6 Å². The molecule has 0 atom stereocenters.